The number of H-pyrrole nitrogens is 1. The van der Waals surface area contributed by atoms with Crippen LogP contribution in [0.3, 0.4) is 0 Å². The molecule has 3 N–H and O–H groups in total. The minimum atomic E-state index is 0.0492. The van der Waals surface area contributed by atoms with Gasteiger partial charge in [-0.05, 0) is 18.6 Å². The zero-order valence-corrected chi connectivity index (χ0v) is 12.5. The monoisotopic (exact) mass is 297 g/mol. The molecule has 3 rings (SSSR count). The van der Waals surface area contributed by atoms with Crippen LogP contribution in [-0.2, 0) is 13.1 Å². The van der Waals surface area contributed by atoms with E-state index in [1.807, 2.05) is 24.3 Å². The quantitative estimate of drug-likeness (QED) is 0.651. The van der Waals surface area contributed by atoms with Gasteiger partial charge >= 0.3 is 0 Å². The molecule has 2 aromatic heterocycles. The smallest absolute Gasteiger partial charge is 0.125 e. The number of hydrogen-bond donors (Lipinski definition) is 3. The topological polar surface area (TPSA) is 78.8 Å². The molecule has 3 aromatic rings. The van der Waals surface area contributed by atoms with E-state index in [9.17, 15) is 5.11 Å². The van der Waals surface area contributed by atoms with E-state index in [-0.39, 0.29) is 6.61 Å². The van der Waals surface area contributed by atoms with Gasteiger partial charge in [-0.2, -0.15) is 10.2 Å². The van der Waals surface area contributed by atoms with Crippen molar-refractivity contribution in [2.24, 2.45) is 0 Å². The van der Waals surface area contributed by atoms with Crippen molar-refractivity contribution in [3.8, 4) is 11.3 Å². The Morgan fingerprint density at radius 1 is 1.27 bits per heavy atom. The molecule has 0 atom stereocenters. The fourth-order valence-corrected chi connectivity index (χ4v) is 2.39. The SMILES string of the molecule is Cc1ccccc1-c1cc(NCc2ccn[nH]2)n(CCO)n1. The van der Waals surface area contributed by atoms with Crippen LogP contribution < -0.4 is 5.32 Å². The van der Waals surface area contributed by atoms with Crippen LogP contribution in [0.5, 0.6) is 0 Å². The molecular formula is C16H19N5O. The molecule has 0 fully saturated rings. The van der Waals surface area contributed by atoms with E-state index in [0.29, 0.717) is 13.1 Å². The Balaban J connectivity index is 1.87. The first-order valence-electron chi connectivity index (χ1n) is 7.25. The van der Waals surface area contributed by atoms with E-state index in [1.165, 1.54) is 5.56 Å². The van der Waals surface area contributed by atoms with E-state index in [4.69, 9.17) is 0 Å². The predicted octanol–water partition coefficient (Wildman–Crippen LogP) is 2.19. The fraction of sp³-hybridized carbons (Fsp3) is 0.250. The number of hydrogen-bond acceptors (Lipinski definition) is 4. The molecule has 0 aliphatic rings. The molecule has 1 aromatic carbocycles. The van der Waals surface area contributed by atoms with Crippen LogP contribution in [0.15, 0.2) is 42.6 Å². The Bertz CT molecular complexity index is 733. The molecule has 0 radical (unpaired) electrons. The third-order valence-corrected chi connectivity index (χ3v) is 3.53. The lowest BCUT2D eigenvalue weighted by molar-refractivity contribution is 0.270. The van der Waals surface area contributed by atoms with E-state index in [1.54, 1.807) is 10.9 Å². The van der Waals surface area contributed by atoms with E-state index >= 15 is 0 Å². The highest BCUT2D eigenvalue weighted by molar-refractivity contribution is 5.66. The second kappa shape index (κ2) is 6.44. The molecule has 0 aliphatic heterocycles. The lowest BCUT2D eigenvalue weighted by atomic mass is 10.1. The first-order valence-corrected chi connectivity index (χ1v) is 7.25. The zero-order valence-electron chi connectivity index (χ0n) is 12.5. The van der Waals surface area contributed by atoms with Crippen molar-refractivity contribution in [3.05, 3.63) is 53.9 Å². The van der Waals surface area contributed by atoms with Gasteiger partial charge in [-0.3, -0.25) is 5.10 Å². The third kappa shape index (κ3) is 3.01. The average molecular weight is 297 g/mol. The second-order valence-electron chi connectivity index (χ2n) is 5.11. The van der Waals surface area contributed by atoms with Gasteiger partial charge in [0.05, 0.1) is 31.1 Å². The summed E-state index contributed by atoms with van der Waals surface area (Å²) < 4.78 is 1.79. The summed E-state index contributed by atoms with van der Waals surface area (Å²) in [6.07, 6.45) is 1.72. The lowest BCUT2D eigenvalue weighted by Crippen LogP contribution is -2.10. The Morgan fingerprint density at radius 2 is 2.14 bits per heavy atom. The minimum absolute atomic E-state index is 0.0492. The maximum absolute atomic E-state index is 9.23. The van der Waals surface area contributed by atoms with Gasteiger partial charge in [-0.25, -0.2) is 4.68 Å². The van der Waals surface area contributed by atoms with Crippen LogP contribution in [0, 0.1) is 6.92 Å². The van der Waals surface area contributed by atoms with Crippen LogP contribution in [0.25, 0.3) is 11.3 Å². The molecule has 0 saturated carbocycles. The normalized spacial score (nSPS) is 10.8. The molecule has 22 heavy (non-hydrogen) atoms. The van der Waals surface area contributed by atoms with Crippen molar-refractivity contribution < 1.29 is 5.11 Å². The summed E-state index contributed by atoms with van der Waals surface area (Å²) in [7, 11) is 0. The molecular weight excluding hydrogens is 278 g/mol. The largest absolute Gasteiger partial charge is 0.394 e. The van der Waals surface area contributed by atoms with Gasteiger partial charge in [-0.15, -0.1) is 0 Å². The van der Waals surface area contributed by atoms with Gasteiger partial charge in [0, 0.05) is 17.8 Å². The number of aliphatic hydroxyl groups excluding tert-OH is 1. The zero-order chi connectivity index (χ0) is 15.4. The molecule has 0 amide bonds. The number of aryl methyl sites for hydroxylation is 1. The number of anilines is 1. The second-order valence-corrected chi connectivity index (χ2v) is 5.11. The van der Waals surface area contributed by atoms with Crippen molar-refractivity contribution in [3.63, 3.8) is 0 Å². The molecule has 6 nitrogen and oxygen atoms in total. The number of benzene rings is 1. The van der Waals surface area contributed by atoms with Crippen LogP contribution in [-0.4, -0.2) is 31.7 Å². The predicted molar refractivity (Wildman–Crippen MR) is 85.4 cm³/mol. The Morgan fingerprint density at radius 3 is 2.86 bits per heavy atom. The third-order valence-electron chi connectivity index (χ3n) is 3.53. The highest BCUT2D eigenvalue weighted by Gasteiger charge is 2.11. The van der Waals surface area contributed by atoms with Gasteiger partial charge in [0.2, 0.25) is 0 Å². The van der Waals surface area contributed by atoms with Gasteiger partial charge in [-0.1, -0.05) is 24.3 Å². The van der Waals surface area contributed by atoms with E-state index in [2.05, 4.69) is 39.7 Å². The Hall–Kier alpha value is -2.60. The van der Waals surface area contributed by atoms with Crippen molar-refractivity contribution in [1.82, 2.24) is 20.0 Å². The number of aromatic amines is 1. The van der Waals surface area contributed by atoms with Crippen molar-refractivity contribution in [1.29, 1.82) is 0 Å². The molecule has 0 aliphatic carbocycles. The van der Waals surface area contributed by atoms with Gasteiger partial charge in [0.15, 0.2) is 0 Å². The molecule has 6 heteroatoms. The van der Waals surface area contributed by atoms with Crippen LogP contribution >= 0.6 is 0 Å². The fourth-order valence-electron chi connectivity index (χ4n) is 2.39. The number of nitrogens with one attached hydrogen (secondary N) is 2. The molecule has 0 bridgehead atoms. The number of aliphatic hydroxyl groups is 1. The maximum Gasteiger partial charge on any atom is 0.125 e. The lowest BCUT2D eigenvalue weighted by Gasteiger charge is -2.07. The van der Waals surface area contributed by atoms with Crippen LogP contribution in [0.4, 0.5) is 5.82 Å². The average Bonchev–Trinajstić information content (AvgIpc) is 3.16. The molecule has 114 valence electrons. The summed E-state index contributed by atoms with van der Waals surface area (Å²) in [5.41, 5.74) is 4.17. The summed E-state index contributed by atoms with van der Waals surface area (Å²) in [6.45, 7) is 3.20. The van der Waals surface area contributed by atoms with E-state index in [0.717, 1.165) is 22.8 Å². The Kier molecular flexibility index (Phi) is 4.20. The number of nitrogens with zero attached hydrogens (tertiary/aromatic N) is 3. The molecule has 0 unspecified atom stereocenters. The first-order chi connectivity index (χ1) is 10.8. The van der Waals surface area contributed by atoms with Crippen LogP contribution in [0.2, 0.25) is 0 Å². The highest BCUT2D eigenvalue weighted by atomic mass is 16.3. The van der Waals surface area contributed by atoms with Gasteiger partial charge in [0.1, 0.15) is 5.82 Å². The highest BCUT2D eigenvalue weighted by Crippen LogP contribution is 2.25. The molecule has 0 spiro atoms. The van der Waals surface area contributed by atoms with E-state index < -0.39 is 0 Å². The van der Waals surface area contributed by atoms with Crippen molar-refractivity contribution in [2.45, 2.75) is 20.0 Å². The van der Waals surface area contributed by atoms with Gasteiger partial charge < -0.3 is 10.4 Å². The summed E-state index contributed by atoms with van der Waals surface area (Å²) >= 11 is 0. The van der Waals surface area contributed by atoms with Crippen LogP contribution in [0.1, 0.15) is 11.3 Å². The summed E-state index contributed by atoms with van der Waals surface area (Å²) in [6, 6.07) is 12.1. The Labute approximate surface area is 128 Å². The van der Waals surface area contributed by atoms with Crippen molar-refractivity contribution in [2.75, 3.05) is 11.9 Å². The first kappa shape index (κ1) is 14.3. The number of rotatable bonds is 6. The molecule has 2 heterocycles. The maximum atomic E-state index is 9.23. The minimum Gasteiger partial charge on any atom is -0.394 e. The van der Waals surface area contributed by atoms with Gasteiger partial charge in [0.25, 0.3) is 0 Å². The summed E-state index contributed by atoms with van der Waals surface area (Å²) in [5, 5.41) is 24.0. The molecule has 0 saturated heterocycles. The number of aromatic nitrogens is 4. The summed E-state index contributed by atoms with van der Waals surface area (Å²) in [4.78, 5) is 0. The van der Waals surface area contributed by atoms with Crippen molar-refractivity contribution >= 4 is 5.82 Å². The summed E-state index contributed by atoms with van der Waals surface area (Å²) in [5.74, 6) is 0.877. The standard InChI is InChI=1S/C16H19N5O/c1-12-4-2-3-5-14(12)15-10-16(21(20-15)8-9-22)17-11-13-6-7-18-19-13/h2-7,10,17,22H,8-9,11H2,1H3,(H,18,19).